The molecule has 5 nitrogen and oxygen atoms in total. The van der Waals surface area contributed by atoms with E-state index < -0.39 is 5.25 Å². The Morgan fingerprint density at radius 2 is 1.96 bits per heavy atom. The highest BCUT2D eigenvalue weighted by molar-refractivity contribution is 8.00. The van der Waals surface area contributed by atoms with Crippen LogP contribution in [0.2, 0.25) is 0 Å². The number of hydrogen-bond acceptors (Lipinski definition) is 5. The van der Waals surface area contributed by atoms with Gasteiger partial charge in [-0.1, -0.05) is 48.0 Å². The number of hydrogen-bond donors (Lipinski definition) is 1. The Morgan fingerprint density at radius 3 is 2.69 bits per heavy atom. The molecule has 0 spiro atoms. The number of nitrogens with zero attached hydrogens (tertiary/aromatic N) is 2. The topological polar surface area (TPSA) is 68.0 Å². The van der Waals surface area contributed by atoms with E-state index in [-0.39, 0.29) is 5.91 Å². The third-order valence-corrected chi connectivity index (χ3v) is 5.24. The molecule has 0 aliphatic heterocycles. The molecule has 3 aromatic rings. The van der Waals surface area contributed by atoms with Crippen molar-refractivity contribution < 1.29 is 9.21 Å². The highest BCUT2D eigenvalue weighted by Gasteiger charge is 2.30. The van der Waals surface area contributed by atoms with Crippen molar-refractivity contribution in [1.29, 1.82) is 0 Å². The van der Waals surface area contributed by atoms with Gasteiger partial charge in [0.05, 0.1) is 0 Å². The Bertz CT molecular complexity index is 906. The SMILES string of the molecule is Cc1cccc(-c2nnc(S[C@@H](C(=O)NC3CC3)c3ccccc3)o2)c1. The number of thioether (sulfide) groups is 1. The molecule has 132 valence electrons. The molecule has 1 amide bonds. The summed E-state index contributed by atoms with van der Waals surface area (Å²) in [7, 11) is 0. The van der Waals surface area contributed by atoms with Gasteiger partial charge in [0.15, 0.2) is 0 Å². The van der Waals surface area contributed by atoms with E-state index in [1.165, 1.54) is 11.8 Å². The van der Waals surface area contributed by atoms with Crippen LogP contribution in [0.5, 0.6) is 0 Å². The Hall–Kier alpha value is -2.60. The number of carbonyl (C=O) groups excluding carboxylic acids is 1. The second-order valence-electron chi connectivity index (χ2n) is 6.43. The largest absolute Gasteiger partial charge is 0.411 e. The number of aromatic nitrogens is 2. The van der Waals surface area contributed by atoms with Crippen LogP contribution in [0.25, 0.3) is 11.5 Å². The fraction of sp³-hybridized carbons (Fsp3) is 0.250. The minimum absolute atomic E-state index is 0.0148. The summed E-state index contributed by atoms with van der Waals surface area (Å²) in [6, 6.07) is 17.9. The van der Waals surface area contributed by atoms with E-state index in [1.807, 2.05) is 61.5 Å². The highest BCUT2D eigenvalue weighted by Crippen LogP contribution is 2.36. The molecule has 6 heteroatoms. The summed E-state index contributed by atoms with van der Waals surface area (Å²) in [5.41, 5.74) is 2.93. The van der Waals surface area contributed by atoms with Gasteiger partial charge < -0.3 is 9.73 Å². The fourth-order valence-electron chi connectivity index (χ4n) is 2.66. The predicted molar refractivity (Wildman–Crippen MR) is 101 cm³/mol. The first-order valence-electron chi connectivity index (χ1n) is 8.61. The molecule has 0 bridgehead atoms. The summed E-state index contributed by atoms with van der Waals surface area (Å²) < 4.78 is 5.81. The number of carbonyl (C=O) groups is 1. The number of aryl methyl sites for hydroxylation is 1. The zero-order valence-corrected chi connectivity index (χ0v) is 15.2. The smallest absolute Gasteiger partial charge is 0.277 e. The molecule has 2 aromatic carbocycles. The van der Waals surface area contributed by atoms with Gasteiger partial charge in [-0.25, -0.2) is 0 Å². The number of rotatable bonds is 6. The summed E-state index contributed by atoms with van der Waals surface area (Å²) in [6.07, 6.45) is 2.10. The van der Waals surface area contributed by atoms with Crippen LogP contribution in [0.3, 0.4) is 0 Å². The molecule has 1 atom stereocenters. The normalized spacial score (nSPS) is 14.8. The van der Waals surface area contributed by atoms with Crippen LogP contribution in [0.15, 0.2) is 64.2 Å². The Labute approximate surface area is 156 Å². The first-order chi connectivity index (χ1) is 12.7. The van der Waals surface area contributed by atoms with Crippen molar-refractivity contribution in [3.8, 4) is 11.5 Å². The van der Waals surface area contributed by atoms with Gasteiger partial charge in [-0.3, -0.25) is 4.79 Å². The van der Waals surface area contributed by atoms with Crippen molar-refractivity contribution >= 4 is 17.7 Å². The lowest BCUT2D eigenvalue weighted by molar-refractivity contribution is -0.120. The van der Waals surface area contributed by atoms with Gasteiger partial charge in [0.1, 0.15) is 5.25 Å². The van der Waals surface area contributed by atoms with Gasteiger partial charge in [-0.05, 0) is 49.2 Å². The first kappa shape index (κ1) is 16.8. The van der Waals surface area contributed by atoms with E-state index in [9.17, 15) is 4.79 Å². The molecular weight excluding hydrogens is 346 g/mol. The molecule has 0 saturated heterocycles. The third kappa shape index (κ3) is 3.96. The number of nitrogens with one attached hydrogen (secondary N) is 1. The molecule has 1 aliphatic carbocycles. The Morgan fingerprint density at radius 1 is 1.15 bits per heavy atom. The van der Waals surface area contributed by atoms with Crippen molar-refractivity contribution in [2.75, 3.05) is 0 Å². The minimum atomic E-state index is -0.414. The Balaban J connectivity index is 1.56. The molecule has 1 aromatic heterocycles. The van der Waals surface area contributed by atoms with Crippen molar-refractivity contribution in [3.05, 3.63) is 65.7 Å². The highest BCUT2D eigenvalue weighted by atomic mass is 32.2. The van der Waals surface area contributed by atoms with Crippen LogP contribution in [-0.2, 0) is 4.79 Å². The second-order valence-corrected chi connectivity index (χ2v) is 7.49. The molecule has 1 aliphatic rings. The fourth-order valence-corrected chi connectivity index (χ4v) is 3.54. The van der Waals surface area contributed by atoms with Crippen LogP contribution < -0.4 is 5.32 Å². The number of amides is 1. The van der Waals surface area contributed by atoms with Crippen molar-refractivity contribution in [3.63, 3.8) is 0 Å². The number of benzene rings is 2. The van der Waals surface area contributed by atoms with E-state index >= 15 is 0 Å². The maximum absolute atomic E-state index is 12.7. The summed E-state index contributed by atoms with van der Waals surface area (Å²) in [4.78, 5) is 12.7. The third-order valence-electron chi connectivity index (χ3n) is 4.15. The summed E-state index contributed by atoms with van der Waals surface area (Å²) in [6.45, 7) is 2.02. The van der Waals surface area contributed by atoms with E-state index in [1.54, 1.807) is 0 Å². The summed E-state index contributed by atoms with van der Waals surface area (Å²) in [5, 5.41) is 11.3. The molecule has 0 radical (unpaired) electrons. The second kappa shape index (κ2) is 7.33. The molecule has 4 rings (SSSR count). The molecular formula is C20H19N3O2S. The molecule has 0 unspecified atom stereocenters. The maximum Gasteiger partial charge on any atom is 0.277 e. The van der Waals surface area contributed by atoms with Crippen LogP contribution in [0.4, 0.5) is 0 Å². The molecule has 1 heterocycles. The summed E-state index contributed by atoms with van der Waals surface area (Å²) in [5.74, 6) is 0.449. The predicted octanol–water partition coefficient (Wildman–Crippen LogP) is 4.16. The van der Waals surface area contributed by atoms with E-state index in [2.05, 4.69) is 15.5 Å². The zero-order valence-electron chi connectivity index (χ0n) is 14.4. The molecule has 1 fully saturated rings. The van der Waals surface area contributed by atoms with E-state index in [4.69, 9.17) is 4.42 Å². The van der Waals surface area contributed by atoms with Crippen LogP contribution >= 0.6 is 11.8 Å². The molecule has 1 N–H and O–H groups in total. The van der Waals surface area contributed by atoms with E-state index in [0.29, 0.717) is 17.2 Å². The van der Waals surface area contributed by atoms with Crippen molar-refractivity contribution in [2.24, 2.45) is 0 Å². The van der Waals surface area contributed by atoms with Gasteiger partial charge >= 0.3 is 0 Å². The van der Waals surface area contributed by atoms with Crippen LogP contribution in [-0.4, -0.2) is 22.1 Å². The average Bonchev–Trinajstić information content (AvgIpc) is 3.34. The van der Waals surface area contributed by atoms with Gasteiger partial charge in [0.2, 0.25) is 11.8 Å². The van der Waals surface area contributed by atoms with Crippen molar-refractivity contribution in [1.82, 2.24) is 15.5 Å². The lowest BCUT2D eigenvalue weighted by atomic mass is 10.1. The zero-order chi connectivity index (χ0) is 17.9. The van der Waals surface area contributed by atoms with E-state index in [0.717, 1.165) is 29.5 Å². The van der Waals surface area contributed by atoms with Crippen molar-refractivity contribution in [2.45, 2.75) is 36.3 Å². The van der Waals surface area contributed by atoms with Gasteiger partial charge in [-0.2, -0.15) is 0 Å². The summed E-state index contributed by atoms with van der Waals surface area (Å²) >= 11 is 1.29. The molecule has 1 saturated carbocycles. The standard InChI is InChI=1S/C20H19N3O2S/c1-13-6-5-9-15(12-13)19-22-23-20(25-19)26-17(14-7-3-2-4-8-14)18(24)21-16-10-11-16/h2-9,12,16-17H,10-11H2,1H3,(H,21,24)/t17-/m1/s1. The average molecular weight is 365 g/mol. The Kier molecular flexibility index (Phi) is 4.75. The van der Waals surface area contributed by atoms with Gasteiger partial charge in [-0.15, -0.1) is 10.2 Å². The molecule has 26 heavy (non-hydrogen) atoms. The van der Waals surface area contributed by atoms with Gasteiger partial charge in [0.25, 0.3) is 5.22 Å². The van der Waals surface area contributed by atoms with Gasteiger partial charge in [0, 0.05) is 11.6 Å². The van der Waals surface area contributed by atoms with Crippen LogP contribution in [0.1, 0.15) is 29.2 Å². The lowest BCUT2D eigenvalue weighted by Gasteiger charge is -2.14. The lowest BCUT2D eigenvalue weighted by Crippen LogP contribution is -2.29. The first-order valence-corrected chi connectivity index (χ1v) is 9.49. The van der Waals surface area contributed by atoms with Crippen LogP contribution in [0, 0.1) is 6.92 Å². The maximum atomic E-state index is 12.7. The quantitative estimate of drug-likeness (QED) is 0.665. The minimum Gasteiger partial charge on any atom is -0.411 e. The monoisotopic (exact) mass is 365 g/mol.